The maximum absolute atomic E-state index is 12.5. The van der Waals surface area contributed by atoms with E-state index in [0.717, 1.165) is 49.3 Å². The quantitative estimate of drug-likeness (QED) is 0.889. The molecule has 23 heavy (non-hydrogen) atoms. The second-order valence-electron chi connectivity index (χ2n) is 6.10. The van der Waals surface area contributed by atoms with Crippen molar-refractivity contribution in [2.45, 2.75) is 32.2 Å². The number of hydrogen-bond acceptors (Lipinski definition) is 3. The summed E-state index contributed by atoms with van der Waals surface area (Å²) in [4.78, 5) is 16.7. The highest BCUT2D eigenvalue weighted by Gasteiger charge is 2.19. The topological polar surface area (TPSA) is 59.0 Å². The highest BCUT2D eigenvalue weighted by Crippen LogP contribution is 2.21. The maximum Gasteiger partial charge on any atom is 0.267 e. The highest BCUT2D eigenvalue weighted by atomic mass is 16.1. The molecule has 1 saturated heterocycles. The molecule has 2 N–H and O–H groups in total. The van der Waals surface area contributed by atoms with Gasteiger partial charge in [-0.1, -0.05) is 6.07 Å². The van der Waals surface area contributed by atoms with Gasteiger partial charge in [-0.25, -0.2) is 0 Å². The van der Waals surface area contributed by atoms with Crippen molar-refractivity contribution in [3.05, 3.63) is 53.6 Å². The number of piperidine rings is 1. The third kappa shape index (κ3) is 3.99. The van der Waals surface area contributed by atoms with E-state index >= 15 is 0 Å². The van der Waals surface area contributed by atoms with Crippen LogP contribution in [0.2, 0.25) is 0 Å². The fourth-order valence-electron chi connectivity index (χ4n) is 3.05. The SMILES string of the molecule is Cc1ccc(CCNC(=O)c2cccn2C2CCNCC2)cn1. The van der Waals surface area contributed by atoms with Crippen LogP contribution in [-0.4, -0.2) is 35.1 Å². The number of aromatic nitrogens is 2. The van der Waals surface area contributed by atoms with Crippen LogP contribution in [0.15, 0.2) is 36.7 Å². The molecule has 3 rings (SSSR count). The Morgan fingerprint density at radius 2 is 2.17 bits per heavy atom. The summed E-state index contributed by atoms with van der Waals surface area (Å²) in [6, 6.07) is 8.35. The third-order valence-corrected chi connectivity index (χ3v) is 4.39. The van der Waals surface area contributed by atoms with Crippen molar-refractivity contribution in [2.75, 3.05) is 19.6 Å². The van der Waals surface area contributed by atoms with Gasteiger partial charge >= 0.3 is 0 Å². The molecule has 0 radical (unpaired) electrons. The number of rotatable bonds is 5. The number of carbonyl (C=O) groups excluding carboxylic acids is 1. The summed E-state index contributed by atoms with van der Waals surface area (Å²) < 4.78 is 2.13. The molecule has 5 heteroatoms. The Morgan fingerprint density at radius 1 is 1.35 bits per heavy atom. The van der Waals surface area contributed by atoms with Crippen molar-refractivity contribution in [2.24, 2.45) is 0 Å². The van der Waals surface area contributed by atoms with Gasteiger partial charge in [-0.3, -0.25) is 9.78 Å². The first-order valence-corrected chi connectivity index (χ1v) is 8.31. The zero-order chi connectivity index (χ0) is 16.1. The maximum atomic E-state index is 12.5. The minimum atomic E-state index is 0.00797. The second-order valence-corrected chi connectivity index (χ2v) is 6.10. The largest absolute Gasteiger partial charge is 0.350 e. The van der Waals surface area contributed by atoms with E-state index in [4.69, 9.17) is 0 Å². The third-order valence-electron chi connectivity index (χ3n) is 4.39. The van der Waals surface area contributed by atoms with Crippen LogP contribution in [0.4, 0.5) is 0 Å². The summed E-state index contributed by atoms with van der Waals surface area (Å²) in [5.74, 6) is 0.00797. The van der Waals surface area contributed by atoms with Crippen LogP contribution in [0.3, 0.4) is 0 Å². The molecule has 0 spiro atoms. The highest BCUT2D eigenvalue weighted by molar-refractivity contribution is 5.92. The number of hydrogen-bond donors (Lipinski definition) is 2. The van der Waals surface area contributed by atoms with Gasteiger partial charge < -0.3 is 15.2 Å². The van der Waals surface area contributed by atoms with Gasteiger partial charge in [0.2, 0.25) is 0 Å². The summed E-state index contributed by atoms with van der Waals surface area (Å²) in [6.07, 6.45) is 6.84. The van der Waals surface area contributed by atoms with Gasteiger partial charge in [0.25, 0.3) is 5.91 Å². The minimum absolute atomic E-state index is 0.00797. The Balaban J connectivity index is 1.56. The fraction of sp³-hybridized carbons (Fsp3) is 0.444. The summed E-state index contributed by atoms with van der Waals surface area (Å²) >= 11 is 0. The van der Waals surface area contributed by atoms with Crippen LogP contribution in [-0.2, 0) is 6.42 Å². The Morgan fingerprint density at radius 3 is 2.91 bits per heavy atom. The van der Waals surface area contributed by atoms with E-state index in [2.05, 4.69) is 26.3 Å². The monoisotopic (exact) mass is 312 g/mol. The van der Waals surface area contributed by atoms with E-state index in [1.807, 2.05) is 37.5 Å². The molecule has 3 heterocycles. The van der Waals surface area contributed by atoms with Gasteiger partial charge in [-0.2, -0.15) is 0 Å². The van der Waals surface area contributed by atoms with Crippen LogP contribution >= 0.6 is 0 Å². The Labute approximate surface area is 137 Å². The smallest absolute Gasteiger partial charge is 0.267 e. The van der Waals surface area contributed by atoms with Crippen molar-refractivity contribution in [3.8, 4) is 0 Å². The molecule has 2 aromatic rings. The molecule has 1 amide bonds. The molecule has 0 saturated carbocycles. The average molecular weight is 312 g/mol. The Bertz CT molecular complexity index is 641. The first-order valence-electron chi connectivity index (χ1n) is 8.31. The first-order chi connectivity index (χ1) is 11.2. The van der Waals surface area contributed by atoms with Crippen LogP contribution in [0.1, 0.15) is 40.6 Å². The molecule has 1 aliphatic heterocycles. The number of carbonyl (C=O) groups is 1. The number of pyridine rings is 1. The van der Waals surface area contributed by atoms with Crippen molar-refractivity contribution in [3.63, 3.8) is 0 Å². The van der Waals surface area contributed by atoms with Crippen LogP contribution in [0.5, 0.6) is 0 Å². The molecule has 0 bridgehead atoms. The molecule has 0 unspecified atom stereocenters. The van der Waals surface area contributed by atoms with Gasteiger partial charge in [0.1, 0.15) is 5.69 Å². The van der Waals surface area contributed by atoms with E-state index in [1.54, 1.807) is 0 Å². The molecule has 1 aliphatic rings. The van der Waals surface area contributed by atoms with E-state index in [-0.39, 0.29) is 5.91 Å². The van der Waals surface area contributed by atoms with E-state index in [1.165, 1.54) is 0 Å². The second kappa shape index (κ2) is 7.42. The Kier molecular flexibility index (Phi) is 5.08. The molecular formula is C18H24N4O. The van der Waals surface area contributed by atoms with Gasteiger partial charge in [-0.15, -0.1) is 0 Å². The van der Waals surface area contributed by atoms with E-state index in [0.29, 0.717) is 12.6 Å². The zero-order valence-electron chi connectivity index (χ0n) is 13.6. The van der Waals surface area contributed by atoms with Crippen molar-refractivity contribution >= 4 is 5.91 Å². The van der Waals surface area contributed by atoms with Crippen molar-refractivity contribution in [1.29, 1.82) is 0 Å². The zero-order valence-corrected chi connectivity index (χ0v) is 13.6. The number of aryl methyl sites for hydroxylation is 1. The molecule has 122 valence electrons. The summed E-state index contributed by atoms with van der Waals surface area (Å²) in [5, 5.41) is 6.39. The normalized spacial score (nSPS) is 15.5. The molecule has 2 aromatic heterocycles. The molecule has 0 atom stereocenters. The predicted octanol–water partition coefficient (Wildman–Crippen LogP) is 2.09. The lowest BCUT2D eigenvalue weighted by atomic mass is 10.1. The van der Waals surface area contributed by atoms with E-state index < -0.39 is 0 Å². The minimum Gasteiger partial charge on any atom is -0.350 e. The standard InChI is InChI=1S/C18H24N4O/c1-14-4-5-15(13-21-14)6-11-20-18(23)17-3-2-12-22(17)16-7-9-19-10-8-16/h2-5,12-13,16,19H,6-11H2,1H3,(H,20,23). The van der Waals surface area contributed by atoms with Crippen LogP contribution in [0.25, 0.3) is 0 Å². The van der Waals surface area contributed by atoms with Crippen LogP contribution < -0.4 is 10.6 Å². The fourth-order valence-corrected chi connectivity index (χ4v) is 3.05. The van der Waals surface area contributed by atoms with Crippen molar-refractivity contribution < 1.29 is 4.79 Å². The number of nitrogens with one attached hydrogen (secondary N) is 2. The lowest BCUT2D eigenvalue weighted by Crippen LogP contribution is -2.33. The number of amides is 1. The molecule has 0 aromatic carbocycles. The summed E-state index contributed by atoms with van der Waals surface area (Å²) in [5.41, 5.74) is 2.92. The molecule has 5 nitrogen and oxygen atoms in total. The summed E-state index contributed by atoms with van der Waals surface area (Å²) in [6.45, 7) is 4.64. The van der Waals surface area contributed by atoms with E-state index in [9.17, 15) is 4.79 Å². The average Bonchev–Trinajstić information content (AvgIpc) is 3.07. The predicted molar refractivity (Wildman–Crippen MR) is 90.6 cm³/mol. The van der Waals surface area contributed by atoms with Gasteiger partial charge in [0.15, 0.2) is 0 Å². The Hall–Kier alpha value is -2.14. The number of nitrogens with zero attached hydrogens (tertiary/aromatic N) is 2. The first kappa shape index (κ1) is 15.7. The lowest BCUT2D eigenvalue weighted by Gasteiger charge is -2.25. The molecule has 0 aliphatic carbocycles. The summed E-state index contributed by atoms with van der Waals surface area (Å²) in [7, 11) is 0. The molecule has 1 fully saturated rings. The van der Waals surface area contributed by atoms with Crippen molar-refractivity contribution in [1.82, 2.24) is 20.2 Å². The van der Waals surface area contributed by atoms with Gasteiger partial charge in [-0.05, 0) is 63.0 Å². The van der Waals surface area contributed by atoms with Gasteiger partial charge in [0.05, 0.1) is 0 Å². The lowest BCUT2D eigenvalue weighted by molar-refractivity contribution is 0.0941. The van der Waals surface area contributed by atoms with Crippen LogP contribution in [0, 0.1) is 6.92 Å². The molecular weight excluding hydrogens is 288 g/mol. The van der Waals surface area contributed by atoms with Gasteiger partial charge in [0, 0.05) is 30.7 Å².